The van der Waals surface area contributed by atoms with Gasteiger partial charge in [-0.05, 0) is 43.0 Å². The van der Waals surface area contributed by atoms with Gasteiger partial charge >= 0.3 is 0 Å². The minimum absolute atomic E-state index is 0.376. The first-order chi connectivity index (χ1) is 7.19. The molecular formula is C12H19ClN2. The highest BCUT2D eigenvalue weighted by Gasteiger charge is 2.15. The maximum absolute atomic E-state index is 6.10. The minimum atomic E-state index is 0.376. The van der Waals surface area contributed by atoms with Gasteiger partial charge in [-0.15, -0.1) is 0 Å². The van der Waals surface area contributed by atoms with Gasteiger partial charge in [-0.1, -0.05) is 36.7 Å². The zero-order chi connectivity index (χ0) is 11.3. The maximum atomic E-state index is 6.10. The Labute approximate surface area is 96.6 Å². The van der Waals surface area contributed by atoms with Gasteiger partial charge < -0.3 is 11.5 Å². The summed E-state index contributed by atoms with van der Waals surface area (Å²) in [6, 6.07) is 7.93. The lowest BCUT2D eigenvalue weighted by atomic mass is 9.88. The molecule has 0 saturated carbocycles. The third-order valence-corrected chi connectivity index (χ3v) is 3.28. The monoisotopic (exact) mass is 226 g/mol. The highest BCUT2D eigenvalue weighted by Crippen LogP contribution is 2.21. The molecule has 4 N–H and O–H groups in total. The third-order valence-electron chi connectivity index (χ3n) is 2.91. The van der Waals surface area contributed by atoms with Gasteiger partial charge in [0.2, 0.25) is 0 Å². The van der Waals surface area contributed by atoms with Crippen LogP contribution in [0.2, 0.25) is 5.02 Å². The molecule has 1 unspecified atom stereocenters. The summed E-state index contributed by atoms with van der Waals surface area (Å²) in [6.07, 6.45) is 0.943. The Morgan fingerprint density at radius 2 is 1.80 bits per heavy atom. The van der Waals surface area contributed by atoms with E-state index >= 15 is 0 Å². The second-order valence-corrected chi connectivity index (χ2v) is 4.41. The lowest BCUT2D eigenvalue weighted by Crippen LogP contribution is -2.30. The van der Waals surface area contributed by atoms with Gasteiger partial charge in [0.15, 0.2) is 0 Å². The zero-order valence-electron chi connectivity index (χ0n) is 9.12. The van der Waals surface area contributed by atoms with Crippen LogP contribution in [0.3, 0.4) is 0 Å². The Balaban J connectivity index is 2.65. The van der Waals surface area contributed by atoms with E-state index in [9.17, 15) is 0 Å². The van der Waals surface area contributed by atoms with E-state index < -0.39 is 0 Å². The van der Waals surface area contributed by atoms with E-state index in [-0.39, 0.29) is 0 Å². The Morgan fingerprint density at radius 3 is 2.33 bits per heavy atom. The number of hydrogen-bond acceptors (Lipinski definition) is 2. The van der Waals surface area contributed by atoms with Crippen LogP contribution in [0.25, 0.3) is 0 Å². The van der Waals surface area contributed by atoms with Crippen LogP contribution >= 0.6 is 11.6 Å². The Hall–Kier alpha value is -0.570. The van der Waals surface area contributed by atoms with Gasteiger partial charge in [0, 0.05) is 5.02 Å². The van der Waals surface area contributed by atoms with Crippen molar-refractivity contribution in [1.29, 1.82) is 0 Å². The van der Waals surface area contributed by atoms with Crippen LogP contribution in [0.1, 0.15) is 12.5 Å². The molecule has 84 valence electrons. The molecule has 2 nitrogen and oxygen atoms in total. The fourth-order valence-corrected chi connectivity index (χ4v) is 1.95. The van der Waals surface area contributed by atoms with Crippen molar-refractivity contribution in [2.45, 2.75) is 13.3 Å². The molecule has 0 spiro atoms. The molecule has 0 saturated heterocycles. The second-order valence-electron chi connectivity index (χ2n) is 4.00. The fraction of sp³-hybridized carbons (Fsp3) is 0.500. The van der Waals surface area contributed by atoms with Gasteiger partial charge in [-0.2, -0.15) is 0 Å². The average Bonchev–Trinajstić information content (AvgIpc) is 2.23. The summed E-state index contributed by atoms with van der Waals surface area (Å²) in [6.45, 7) is 3.46. The van der Waals surface area contributed by atoms with Gasteiger partial charge in [0.1, 0.15) is 0 Å². The van der Waals surface area contributed by atoms with Crippen LogP contribution in [0.15, 0.2) is 24.3 Å². The Morgan fingerprint density at radius 1 is 1.20 bits per heavy atom. The van der Waals surface area contributed by atoms with Crippen molar-refractivity contribution in [3.63, 3.8) is 0 Å². The Bertz CT molecular complexity index is 297. The summed E-state index contributed by atoms with van der Waals surface area (Å²) in [4.78, 5) is 0. The first kappa shape index (κ1) is 12.5. The molecule has 1 aromatic carbocycles. The molecule has 0 bridgehead atoms. The lowest BCUT2D eigenvalue weighted by molar-refractivity contribution is 0.372. The normalized spacial score (nSPS) is 13.1. The number of rotatable bonds is 5. The van der Waals surface area contributed by atoms with Crippen LogP contribution in [-0.4, -0.2) is 13.1 Å². The summed E-state index contributed by atoms with van der Waals surface area (Å²) in [5, 5.41) is 0.831. The molecule has 0 heterocycles. The predicted octanol–water partition coefficient (Wildman–Crippen LogP) is 2.05. The summed E-state index contributed by atoms with van der Waals surface area (Å²) < 4.78 is 0. The van der Waals surface area contributed by atoms with Crippen molar-refractivity contribution < 1.29 is 0 Å². The first-order valence-electron chi connectivity index (χ1n) is 5.32. The topological polar surface area (TPSA) is 52.0 Å². The van der Waals surface area contributed by atoms with Crippen LogP contribution in [0.4, 0.5) is 0 Å². The maximum Gasteiger partial charge on any atom is 0.0438 e. The van der Waals surface area contributed by atoms with Gasteiger partial charge in [-0.25, -0.2) is 0 Å². The van der Waals surface area contributed by atoms with E-state index in [4.69, 9.17) is 23.1 Å². The highest BCUT2D eigenvalue weighted by molar-refractivity contribution is 6.31. The molecule has 0 aliphatic rings. The quantitative estimate of drug-likeness (QED) is 0.808. The van der Waals surface area contributed by atoms with Crippen LogP contribution in [-0.2, 0) is 6.42 Å². The van der Waals surface area contributed by atoms with Crippen molar-refractivity contribution in [1.82, 2.24) is 0 Å². The molecule has 1 rings (SSSR count). The SMILES string of the molecule is CC(Cc1ccccc1Cl)C(CN)CN. The lowest BCUT2D eigenvalue weighted by Gasteiger charge is -2.21. The summed E-state index contributed by atoms with van der Waals surface area (Å²) in [5.41, 5.74) is 12.5. The van der Waals surface area contributed by atoms with Crippen LogP contribution in [0, 0.1) is 11.8 Å². The molecule has 0 fully saturated rings. The molecule has 0 aromatic heterocycles. The van der Waals surface area contributed by atoms with Crippen LogP contribution in [0.5, 0.6) is 0 Å². The molecule has 0 aliphatic carbocycles. The fourth-order valence-electron chi connectivity index (χ4n) is 1.74. The highest BCUT2D eigenvalue weighted by atomic mass is 35.5. The predicted molar refractivity (Wildman–Crippen MR) is 65.9 cm³/mol. The average molecular weight is 227 g/mol. The minimum Gasteiger partial charge on any atom is -0.330 e. The van der Waals surface area contributed by atoms with E-state index in [2.05, 4.69) is 13.0 Å². The zero-order valence-corrected chi connectivity index (χ0v) is 9.87. The third kappa shape index (κ3) is 3.49. The van der Waals surface area contributed by atoms with Gasteiger partial charge in [0.05, 0.1) is 0 Å². The van der Waals surface area contributed by atoms with E-state index in [1.807, 2.05) is 18.2 Å². The van der Waals surface area contributed by atoms with Crippen molar-refractivity contribution in [3.8, 4) is 0 Å². The summed E-state index contributed by atoms with van der Waals surface area (Å²) in [5.74, 6) is 0.848. The number of nitrogens with two attached hydrogens (primary N) is 2. The molecule has 3 heteroatoms. The molecule has 15 heavy (non-hydrogen) atoms. The number of benzene rings is 1. The van der Waals surface area contributed by atoms with E-state index in [1.165, 1.54) is 5.56 Å². The van der Waals surface area contributed by atoms with E-state index in [0.29, 0.717) is 24.9 Å². The number of hydrogen-bond donors (Lipinski definition) is 2. The molecule has 0 amide bonds. The first-order valence-corrected chi connectivity index (χ1v) is 5.70. The molecule has 1 aromatic rings. The van der Waals surface area contributed by atoms with Crippen molar-refractivity contribution >= 4 is 11.6 Å². The van der Waals surface area contributed by atoms with E-state index in [0.717, 1.165) is 11.4 Å². The van der Waals surface area contributed by atoms with E-state index in [1.54, 1.807) is 0 Å². The van der Waals surface area contributed by atoms with Gasteiger partial charge in [0.25, 0.3) is 0 Å². The molecule has 1 atom stereocenters. The van der Waals surface area contributed by atoms with Crippen molar-refractivity contribution in [2.75, 3.05) is 13.1 Å². The Kier molecular flexibility index (Phi) is 5.09. The molecule has 0 radical (unpaired) electrons. The standard InChI is InChI=1S/C12H19ClN2/c1-9(11(7-14)8-15)6-10-4-2-3-5-12(10)13/h2-5,9,11H,6-8,14-15H2,1H3. The second kappa shape index (κ2) is 6.11. The largest absolute Gasteiger partial charge is 0.330 e. The molecular weight excluding hydrogens is 208 g/mol. The smallest absolute Gasteiger partial charge is 0.0438 e. The van der Waals surface area contributed by atoms with Gasteiger partial charge in [-0.3, -0.25) is 0 Å². The van der Waals surface area contributed by atoms with Crippen molar-refractivity contribution in [2.24, 2.45) is 23.3 Å². The van der Waals surface area contributed by atoms with Crippen molar-refractivity contribution in [3.05, 3.63) is 34.9 Å². The molecule has 0 aliphatic heterocycles. The summed E-state index contributed by atoms with van der Waals surface area (Å²) in [7, 11) is 0. The number of halogens is 1. The summed E-state index contributed by atoms with van der Waals surface area (Å²) >= 11 is 6.10. The van der Waals surface area contributed by atoms with Crippen LogP contribution < -0.4 is 11.5 Å².